The predicted octanol–water partition coefficient (Wildman–Crippen LogP) is 7.81. The third kappa shape index (κ3) is 20.8. The van der Waals surface area contributed by atoms with Crippen LogP contribution in [0.25, 0.3) is 0 Å². The van der Waals surface area contributed by atoms with Crippen LogP contribution in [-0.4, -0.2) is 81.0 Å². The molecule has 41 heavy (non-hydrogen) atoms. The molecule has 0 aromatic rings. The van der Waals surface area contributed by atoms with E-state index in [9.17, 15) is 9.90 Å². The van der Waals surface area contributed by atoms with Crippen molar-refractivity contribution in [2.24, 2.45) is 0 Å². The first kappa shape index (κ1) is 38.3. The lowest BCUT2D eigenvalue weighted by molar-refractivity contribution is -0.161. The van der Waals surface area contributed by atoms with Gasteiger partial charge < -0.3 is 29.0 Å². The van der Waals surface area contributed by atoms with Crippen LogP contribution in [0.2, 0.25) is 0 Å². The molecule has 7 heteroatoms. The van der Waals surface area contributed by atoms with E-state index in [1.807, 2.05) is 19.0 Å². The van der Waals surface area contributed by atoms with Crippen molar-refractivity contribution in [2.45, 2.75) is 173 Å². The first-order chi connectivity index (χ1) is 20.0. The van der Waals surface area contributed by atoms with Gasteiger partial charge in [0.15, 0.2) is 6.29 Å². The quantitative estimate of drug-likeness (QED) is 0.0708. The monoisotopic (exact) mass is 585 g/mol. The molecule has 244 valence electrons. The molecular formula is C34H67NO6. The summed E-state index contributed by atoms with van der Waals surface area (Å²) in [5, 5.41) is 10.6. The normalized spacial score (nSPS) is 20.7. The minimum Gasteiger partial charge on any atom is -0.463 e. The Bertz CT molecular complexity index is 590. The SMILES string of the molecule is CCCCCCCCCCCCOC1[C@H](O)O[C@H](COC(=O)CCN(C)C)[C@@H]1OCCCCCCCCCCCC. The summed E-state index contributed by atoms with van der Waals surface area (Å²) in [5.74, 6) is -0.264. The predicted molar refractivity (Wildman–Crippen MR) is 168 cm³/mol. The van der Waals surface area contributed by atoms with Crippen LogP contribution in [0.15, 0.2) is 0 Å². The molecule has 0 amide bonds. The number of unbranched alkanes of at least 4 members (excludes halogenated alkanes) is 18. The van der Waals surface area contributed by atoms with Gasteiger partial charge in [-0.2, -0.15) is 0 Å². The van der Waals surface area contributed by atoms with E-state index in [1.54, 1.807) is 0 Å². The maximum absolute atomic E-state index is 12.2. The van der Waals surface area contributed by atoms with Gasteiger partial charge in [0.25, 0.3) is 0 Å². The van der Waals surface area contributed by atoms with Crippen LogP contribution in [0.4, 0.5) is 0 Å². The highest BCUT2D eigenvalue weighted by molar-refractivity contribution is 5.69. The molecule has 0 bridgehead atoms. The van der Waals surface area contributed by atoms with Crippen molar-refractivity contribution in [1.29, 1.82) is 0 Å². The topological polar surface area (TPSA) is 77.5 Å². The van der Waals surface area contributed by atoms with Crippen LogP contribution in [0, 0.1) is 0 Å². The van der Waals surface area contributed by atoms with Gasteiger partial charge in [-0.3, -0.25) is 4.79 Å². The van der Waals surface area contributed by atoms with Gasteiger partial charge in [-0.05, 0) is 26.9 Å². The number of nitrogens with zero attached hydrogens (tertiary/aromatic N) is 1. The standard InChI is InChI=1S/C34H67NO6/c1-5-7-9-11-13-15-17-19-21-23-27-38-32-30(29-40-31(36)25-26-35(3)4)41-34(37)33(32)39-28-24-22-20-18-16-14-12-10-8-6-2/h30,32-34,37H,5-29H2,1-4H3/t30-,32+,33?,34-/m1/s1. The Hall–Kier alpha value is -0.730. The summed E-state index contributed by atoms with van der Waals surface area (Å²) in [6.07, 6.45) is 23.1. The minimum absolute atomic E-state index is 0.0735. The summed E-state index contributed by atoms with van der Waals surface area (Å²) in [5.41, 5.74) is 0. The molecule has 4 atom stereocenters. The molecule has 0 aromatic heterocycles. The molecule has 1 fully saturated rings. The van der Waals surface area contributed by atoms with E-state index in [0.717, 1.165) is 25.7 Å². The number of ether oxygens (including phenoxy) is 4. The van der Waals surface area contributed by atoms with Crippen molar-refractivity contribution >= 4 is 5.97 Å². The molecule has 1 aliphatic heterocycles. The smallest absolute Gasteiger partial charge is 0.307 e. The Morgan fingerprint density at radius 3 is 1.51 bits per heavy atom. The van der Waals surface area contributed by atoms with Gasteiger partial charge in [-0.1, -0.05) is 129 Å². The number of aliphatic hydroxyl groups is 1. The Balaban J connectivity index is 2.37. The molecule has 1 unspecified atom stereocenters. The maximum Gasteiger partial charge on any atom is 0.307 e. The molecule has 1 saturated heterocycles. The number of carbonyl (C=O) groups excluding carboxylic acids is 1. The van der Waals surface area contributed by atoms with Crippen molar-refractivity contribution < 1.29 is 28.8 Å². The number of hydrogen-bond acceptors (Lipinski definition) is 7. The van der Waals surface area contributed by atoms with E-state index in [2.05, 4.69) is 13.8 Å². The third-order valence-corrected chi connectivity index (χ3v) is 8.07. The van der Waals surface area contributed by atoms with Gasteiger partial charge in [0, 0.05) is 19.8 Å². The highest BCUT2D eigenvalue weighted by Crippen LogP contribution is 2.27. The van der Waals surface area contributed by atoms with Gasteiger partial charge in [-0.15, -0.1) is 0 Å². The number of esters is 1. The number of aliphatic hydroxyl groups excluding tert-OH is 1. The van der Waals surface area contributed by atoms with E-state index in [4.69, 9.17) is 18.9 Å². The number of hydrogen-bond donors (Lipinski definition) is 1. The van der Waals surface area contributed by atoms with E-state index in [-0.39, 0.29) is 12.6 Å². The molecule has 0 spiro atoms. The Morgan fingerprint density at radius 1 is 0.659 bits per heavy atom. The second-order valence-corrected chi connectivity index (χ2v) is 12.3. The maximum atomic E-state index is 12.2. The van der Waals surface area contributed by atoms with E-state index >= 15 is 0 Å². The largest absolute Gasteiger partial charge is 0.463 e. The van der Waals surface area contributed by atoms with Crippen LogP contribution in [-0.2, 0) is 23.7 Å². The fourth-order valence-corrected chi connectivity index (χ4v) is 5.40. The highest BCUT2D eigenvalue weighted by Gasteiger charge is 2.46. The van der Waals surface area contributed by atoms with Gasteiger partial charge in [-0.25, -0.2) is 0 Å². The van der Waals surface area contributed by atoms with Crippen molar-refractivity contribution in [3.63, 3.8) is 0 Å². The molecule has 1 aliphatic rings. The van der Waals surface area contributed by atoms with Crippen molar-refractivity contribution in [3.05, 3.63) is 0 Å². The average Bonchev–Trinajstić information content (AvgIpc) is 3.25. The first-order valence-corrected chi connectivity index (χ1v) is 17.4. The van der Waals surface area contributed by atoms with Crippen LogP contribution in [0.1, 0.15) is 149 Å². The summed E-state index contributed by atoms with van der Waals surface area (Å²) in [6.45, 7) is 6.40. The summed E-state index contributed by atoms with van der Waals surface area (Å²) in [7, 11) is 3.86. The molecular weight excluding hydrogens is 518 g/mol. The lowest BCUT2D eigenvalue weighted by Gasteiger charge is -2.24. The molecule has 0 aromatic carbocycles. The van der Waals surface area contributed by atoms with Crippen LogP contribution < -0.4 is 0 Å². The second kappa shape index (κ2) is 26.9. The van der Waals surface area contributed by atoms with Crippen LogP contribution in [0.3, 0.4) is 0 Å². The van der Waals surface area contributed by atoms with E-state index < -0.39 is 24.6 Å². The van der Waals surface area contributed by atoms with E-state index in [1.165, 1.54) is 103 Å². The summed E-state index contributed by atoms with van der Waals surface area (Å²) >= 11 is 0. The minimum atomic E-state index is -1.07. The lowest BCUT2D eigenvalue weighted by Crippen LogP contribution is -2.40. The van der Waals surface area contributed by atoms with Crippen molar-refractivity contribution in [1.82, 2.24) is 4.90 Å². The fraction of sp³-hybridized carbons (Fsp3) is 0.971. The first-order valence-electron chi connectivity index (χ1n) is 17.4. The zero-order valence-electron chi connectivity index (χ0n) is 27.4. The van der Waals surface area contributed by atoms with Gasteiger partial charge in [0.1, 0.15) is 24.9 Å². The Kier molecular flexibility index (Phi) is 25.1. The summed E-state index contributed by atoms with van der Waals surface area (Å²) < 4.78 is 23.6. The number of rotatable bonds is 29. The Morgan fingerprint density at radius 2 is 1.07 bits per heavy atom. The van der Waals surface area contributed by atoms with Crippen LogP contribution >= 0.6 is 0 Å². The fourth-order valence-electron chi connectivity index (χ4n) is 5.40. The third-order valence-electron chi connectivity index (χ3n) is 8.07. The molecule has 0 radical (unpaired) electrons. The molecule has 7 nitrogen and oxygen atoms in total. The molecule has 0 aliphatic carbocycles. The highest BCUT2D eigenvalue weighted by atomic mass is 16.7. The molecule has 0 saturated carbocycles. The molecule has 1 N–H and O–H groups in total. The zero-order chi connectivity index (χ0) is 30.0. The molecule has 1 heterocycles. The van der Waals surface area contributed by atoms with E-state index in [0.29, 0.717) is 26.2 Å². The van der Waals surface area contributed by atoms with Gasteiger partial charge in [0.2, 0.25) is 0 Å². The second-order valence-electron chi connectivity index (χ2n) is 12.3. The Labute approximate surface area is 253 Å². The van der Waals surface area contributed by atoms with Crippen LogP contribution in [0.5, 0.6) is 0 Å². The summed E-state index contributed by atoms with van der Waals surface area (Å²) in [6, 6.07) is 0. The molecule has 1 rings (SSSR count). The van der Waals surface area contributed by atoms with Gasteiger partial charge >= 0.3 is 5.97 Å². The van der Waals surface area contributed by atoms with Crippen molar-refractivity contribution in [3.8, 4) is 0 Å². The zero-order valence-corrected chi connectivity index (χ0v) is 27.4. The van der Waals surface area contributed by atoms with Gasteiger partial charge in [0.05, 0.1) is 6.42 Å². The average molecular weight is 586 g/mol. The lowest BCUT2D eigenvalue weighted by atomic mass is 10.1. The summed E-state index contributed by atoms with van der Waals surface area (Å²) in [4.78, 5) is 14.1. The number of carbonyl (C=O) groups is 1. The van der Waals surface area contributed by atoms with Crippen molar-refractivity contribution in [2.75, 3.05) is 40.5 Å².